The van der Waals surface area contributed by atoms with Crippen molar-refractivity contribution >= 4 is 11.4 Å². The second kappa shape index (κ2) is 6.88. The molecule has 0 saturated carbocycles. The van der Waals surface area contributed by atoms with Gasteiger partial charge in [-0.05, 0) is 31.4 Å². The van der Waals surface area contributed by atoms with Gasteiger partial charge in [-0.15, -0.1) is 0 Å². The summed E-state index contributed by atoms with van der Waals surface area (Å²) in [6.07, 6.45) is 1.86. The summed E-state index contributed by atoms with van der Waals surface area (Å²) in [4.78, 5) is 10.7. The Kier molecular flexibility index (Phi) is 4.93. The maximum atomic E-state index is 11.0. The van der Waals surface area contributed by atoms with Gasteiger partial charge in [0.2, 0.25) is 0 Å². The molecular weight excluding hydrogens is 264 g/mol. The summed E-state index contributed by atoms with van der Waals surface area (Å²) >= 11 is 0. The summed E-state index contributed by atoms with van der Waals surface area (Å²) in [7, 11) is 0. The first-order valence-corrected chi connectivity index (χ1v) is 7.16. The Morgan fingerprint density at radius 2 is 1.86 bits per heavy atom. The van der Waals surface area contributed by atoms with Crippen LogP contribution < -0.4 is 5.32 Å². The number of hydrogen-bond acceptors (Lipinski definition) is 3. The third kappa shape index (κ3) is 3.81. The lowest BCUT2D eigenvalue weighted by Crippen LogP contribution is -2.22. The predicted octanol–water partition coefficient (Wildman–Crippen LogP) is 4.34. The van der Waals surface area contributed by atoms with Crippen molar-refractivity contribution in [2.45, 2.75) is 32.7 Å². The van der Waals surface area contributed by atoms with Crippen molar-refractivity contribution in [2.24, 2.45) is 0 Å². The van der Waals surface area contributed by atoms with E-state index in [1.807, 2.05) is 24.3 Å². The molecule has 2 aromatic carbocycles. The van der Waals surface area contributed by atoms with Gasteiger partial charge in [-0.25, -0.2) is 0 Å². The van der Waals surface area contributed by atoms with E-state index in [0.29, 0.717) is 5.56 Å². The minimum absolute atomic E-state index is 0.162. The second-order valence-electron chi connectivity index (χ2n) is 5.15. The van der Waals surface area contributed by atoms with E-state index in [4.69, 9.17) is 0 Å². The average Bonchev–Trinajstić information content (AvgIpc) is 2.49. The van der Waals surface area contributed by atoms with E-state index in [9.17, 15) is 10.1 Å². The van der Waals surface area contributed by atoms with Gasteiger partial charge >= 0.3 is 0 Å². The van der Waals surface area contributed by atoms with Crippen LogP contribution in [0.4, 0.5) is 11.4 Å². The summed E-state index contributed by atoms with van der Waals surface area (Å²) in [6, 6.07) is 15.7. The van der Waals surface area contributed by atoms with Gasteiger partial charge in [0.05, 0.1) is 4.92 Å². The topological polar surface area (TPSA) is 55.2 Å². The zero-order chi connectivity index (χ0) is 15.2. The normalized spacial score (nSPS) is 11.9. The Morgan fingerprint density at radius 1 is 1.14 bits per heavy atom. The molecule has 0 saturated heterocycles. The molecule has 1 atom stereocenters. The highest BCUT2D eigenvalue weighted by atomic mass is 16.6. The van der Waals surface area contributed by atoms with Gasteiger partial charge in [0.25, 0.3) is 5.69 Å². The van der Waals surface area contributed by atoms with Gasteiger partial charge in [-0.2, -0.15) is 0 Å². The fourth-order valence-corrected chi connectivity index (χ4v) is 2.39. The van der Waals surface area contributed by atoms with Crippen molar-refractivity contribution in [3.63, 3.8) is 0 Å². The molecule has 0 amide bonds. The molecule has 0 aliphatic carbocycles. The summed E-state index contributed by atoms with van der Waals surface area (Å²) in [5.41, 5.74) is 2.95. The highest BCUT2D eigenvalue weighted by Gasteiger charge is 2.15. The first-order valence-electron chi connectivity index (χ1n) is 7.16. The van der Waals surface area contributed by atoms with Gasteiger partial charge in [0.1, 0.15) is 0 Å². The Bertz CT molecular complexity index is 611. The summed E-state index contributed by atoms with van der Waals surface area (Å²) in [6.45, 7) is 3.91. The minimum Gasteiger partial charge on any atom is -0.382 e. The van der Waals surface area contributed by atoms with E-state index < -0.39 is 0 Å². The molecule has 0 bridgehead atoms. The third-order valence-electron chi connectivity index (χ3n) is 3.68. The van der Waals surface area contributed by atoms with Crippen LogP contribution in [0.15, 0.2) is 48.5 Å². The Morgan fingerprint density at radius 3 is 2.48 bits per heavy atom. The zero-order valence-corrected chi connectivity index (χ0v) is 12.4. The van der Waals surface area contributed by atoms with Crippen LogP contribution in [0, 0.1) is 17.0 Å². The molecule has 0 spiro atoms. The molecule has 4 heteroatoms. The Labute approximate surface area is 125 Å². The molecule has 2 aromatic rings. The lowest BCUT2D eigenvalue weighted by Gasteiger charge is -2.19. The zero-order valence-electron chi connectivity index (χ0n) is 12.4. The van der Waals surface area contributed by atoms with E-state index in [-0.39, 0.29) is 16.7 Å². The predicted molar refractivity (Wildman–Crippen MR) is 85.7 cm³/mol. The average molecular weight is 284 g/mol. The van der Waals surface area contributed by atoms with E-state index in [0.717, 1.165) is 18.5 Å². The fraction of sp³-hybridized carbons (Fsp3) is 0.294. The van der Waals surface area contributed by atoms with Crippen LogP contribution in [0.1, 0.15) is 24.5 Å². The molecule has 21 heavy (non-hydrogen) atoms. The second-order valence-corrected chi connectivity index (χ2v) is 5.15. The number of benzene rings is 2. The van der Waals surface area contributed by atoms with Gasteiger partial charge in [0, 0.05) is 23.4 Å². The lowest BCUT2D eigenvalue weighted by atomic mass is 10.0. The number of rotatable bonds is 6. The van der Waals surface area contributed by atoms with Crippen LogP contribution >= 0.6 is 0 Å². The number of hydrogen-bond donors (Lipinski definition) is 1. The molecule has 2 rings (SSSR count). The van der Waals surface area contributed by atoms with Gasteiger partial charge < -0.3 is 5.32 Å². The molecule has 1 N–H and O–H groups in total. The molecule has 0 aliphatic rings. The lowest BCUT2D eigenvalue weighted by molar-refractivity contribution is -0.385. The molecule has 0 aliphatic heterocycles. The highest BCUT2D eigenvalue weighted by Crippen LogP contribution is 2.26. The van der Waals surface area contributed by atoms with Crippen molar-refractivity contribution in [3.8, 4) is 0 Å². The molecule has 110 valence electrons. The van der Waals surface area contributed by atoms with Crippen molar-refractivity contribution < 1.29 is 4.92 Å². The van der Waals surface area contributed by atoms with Crippen LogP contribution in [-0.4, -0.2) is 11.0 Å². The number of nitro benzene ring substituents is 1. The summed E-state index contributed by atoms with van der Waals surface area (Å²) < 4.78 is 0. The highest BCUT2D eigenvalue weighted by molar-refractivity contribution is 5.60. The summed E-state index contributed by atoms with van der Waals surface area (Å²) in [5.74, 6) is 0. The smallest absolute Gasteiger partial charge is 0.274 e. The van der Waals surface area contributed by atoms with Crippen molar-refractivity contribution in [1.82, 2.24) is 0 Å². The Hall–Kier alpha value is -2.36. The number of anilines is 1. The maximum absolute atomic E-state index is 11.0. The third-order valence-corrected chi connectivity index (χ3v) is 3.68. The van der Waals surface area contributed by atoms with E-state index >= 15 is 0 Å². The van der Waals surface area contributed by atoms with E-state index in [1.165, 1.54) is 5.56 Å². The summed E-state index contributed by atoms with van der Waals surface area (Å²) in [5, 5.41) is 14.4. The number of nitrogens with one attached hydrogen (secondary N) is 1. The SMILES string of the molecule is CCC(Cc1ccccc1)Nc1cccc([N+](=O)[O-])c1C. The van der Waals surface area contributed by atoms with Crippen LogP contribution in [-0.2, 0) is 6.42 Å². The van der Waals surface area contributed by atoms with Crippen LogP contribution in [0.25, 0.3) is 0 Å². The first-order chi connectivity index (χ1) is 10.1. The minimum atomic E-state index is -0.335. The number of nitro groups is 1. The van der Waals surface area contributed by atoms with Gasteiger partial charge in [-0.3, -0.25) is 10.1 Å². The van der Waals surface area contributed by atoms with Crippen LogP contribution in [0.2, 0.25) is 0 Å². The molecule has 0 fully saturated rings. The monoisotopic (exact) mass is 284 g/mol. The van der Waals surface area contributed by atoms with Crippen molar-refractivity contribution in [3.05, 3.63) is 69.8 Å². The fourth-order valence-electron chi connectivity index (χ4n) is 2.39. The number of nitrogens with zero attached hydrogens (tertiary/aromatic N) is 1. The molecule has 0 radical (unpaired) electrons. The van der Waals surface area contributed by atoms with Crippen molar-refractivity contribution in [1.29, 1.82) is 0 Å². The van der Waals surface area contributed by atoms with Gasteiger partial charge in [0.15, 0.2) is 0 Å². The molecule has 1 unspecified atom stereocenters. The van der Waals surface area contributed by atoms with E-state index in [1.54, 1.807) is 19.1 Å². The molecule has 0 heterocycles. The van der Waals surface area contributed by atoms with E-state index in [2.05, 4.69) is 24.4 Å². The van der Waals surface area contributed by atoms with Crippen LogP contribution in [0.3, 0.4) is 0 Å². The molecule has 4 nitrogen and oxygen atoms in total. The van der Waals surface area contributed by atoms with Crippen molar-refractivity contribution in [2.75, 3.05) is 5.32 Å². The standard InChI is InChI=1S/C17H20N2O2/c1-3-15(12-14-8-5-4-6-9-14)18-16-10-7-11-17(13(16)2)19(20)21/h4-11,15,18H,3,12H2,1-2H3. The largest absolute Gasteiger partial charge is 0.382 e. The molecular formula is C17H20N2O2. The van der Waals surface area contributed by atoms with Crippen LogP contribution in [0.5, 0.6) is 0 Å². The molecule has 0 aromatic heterocycles. The quantitative estimate of drug-likeness (QED) is 0.634. The first kappa shape index (κ1) is 15.0. The van der Waals surface area contributed by atoms with Gasteiger partial charge in [-0.1, -0.05) is 43.3 Å². The Balaban J connectivity index is 2.15. The maximum Gasteiger partial charge on any atom is 0.274 e.